The van der Waals surface area contributed by atoms with Crippen LogP contribution < -0.4 is 0 Å². The molecule has 0 amide bonds. The van der Waals surface area contributed by atoms with Gasteiger partial charge in [-0.25, -0.2) is 0 Å². The molecule has 0 aromatic rings. The molecule has 0 aromatic carbocycles. The number of rotatable bonds is 4. The molecule has 2 saturated carbocycles. The van der Waals surface area contributed by atoms with Crippen molar-refractivity contribution < 1.29 is 38.4 Å². The number of methoxy groups -OCH3 is 1. The van der Waals surface area contributed by atoms with Crippen LogP contribution in [-0.2, 0) is 33.3 Å². The Balaban J connectivity index is 1.91. The number of hydrogen-bond donors (Lipinski definition) is 1. The Bertz CT molecular complexity index is 745. The van der Waals surface area contributed by atoms with Crippen LogP contribution in [-0.4, -0.2) is 66.1 Å². The summed E-state index contributed by atoms with van der Waals surface area (Å²) >= 11 is 0. The van der Waals surface area contributed by atoms with Gasteiger partial charge in [0.2, 0.25) is 0 Å². The van der Waals surface area contributed by atoms with Crippen LogP contribution in [0.15, 0.2) is 12.2 Å². The molecule has 1 N–H and O–H groups in total. The number of epoxide rings is 1. The number of carbonyl (C=O) groups is 3. The quantitative estimate of drug-likeness (QED) is 0.413. The normalized spacial score (nSPS) is 50.2. The van der Waals surface area contributed by atoms with Crippen LogP contribution in [0.4, 0.5) is 0 Å². The summed E-state index contributed by atoms with van der Waals surface area (Å²) in [5, 5.41) is 11.8. The third-order valence-electron chi connectivity index (χ3n) is 6.79. The van der Waals surface area contributed by atoms with Crippen LogP contribution in [0.3, 0.4) is 0 Å². The number of aliphatic hydroxyl groups is 1. The van der Waals surface area contributed by atoms with Gasteiger partial charge >= 0.3 is 11.9 Å². The van der Waals surface area contributed by atoms with Gasteiger partial charge in [-0.05, 0) is 13.8 Å². The predicted octanol–water partition coefficient (Wildman–Crippen LogP) is -0.230. The molecule has 4 fully saturated rings. The second kappa shape index (κ2) is 4.94. The third-order valence-corrected chi connectivity index (χ3v) is 6.79. The summed E-state index contributed by atoms with van der Waals surface area (Å²) in [6, 6.07) is 0. The summed E-state index contributed by atoms with van der Waals surface area (Å²) in [7, 11) is 1.23. The lowest BCUT2D eigenvalue weighted by molar-refractivity contribution is -0.205. The zero-order valence-electron chi connectivity index (χ0n) is 15.1. The first-order valence-electron chi connectivity index (χ1n) is 8.54. The highest BCUT2D eigenvalue weighted by Crippen LogP contribution is 2.74. The van der Waals surface area contributed by atoms with E-state index in [2.05, 4.69) is 6.58 Å². The molecule has 142 valence electrons. The van der Waals surface area contributed by atoms with E-state index in [9.17, 15) is 19.5 Å². The molecule has 26 heavy (non-hydrogen) atoms. The zero-order valence-corrected chi connectivity index (χ0v) is 15.1. The van der Waals surface area contributed by atoms with Crippen molar-refractivity contribution in [3.63, 3.8) is 0 Å². The molecule has 8 heteroatoms. The Morgan fingerprint density at radius 1 is 1.31 bits per heavy atom. The lowest BCUT2D eigenvalue weighted by Gasteiger charge is -2.50. The van der Waals surface area contributed by atoms with Gasteiger partial charge in [-0.2, -0.15) is 0 Å². The topological polar surface area (TPSA) is 112 Å². The molecular formula is C18H22O8. The molecule has 2 heterocycles. The standard InChI is InChI=1S/C18H22O8/c1-7(2)9-10(15(21)23-5)18(22)14-13(25-14)17(6-24-8(3)19)16(18,4)12(20)11(9)26-17/h9-11,13-14,22H,1,6H2,2-5H3. The van der Waals surface area contributed by atoms with Crippen molar-refractivity contribution in [2.24, 2.45) is 17.3 Å². The van der Waals surface area contributed by atoms with Crippen LogP contribution in [0, 0.1) is 17.3 Å². The highest BCUT2D eigenvalue weighted by Gasteiger charge is 2.94. The van der Waals surface area contributed by atoms with Gasteiger partial charge in [-0.1, -0.05) is 12.2 Å². The highest BCUT2D eigenvalue weighted by molar-refractivity contribution is 5.99. The summed E-state index contributed by atoms with van der Waals surface area (Å²) in [5.41, 5.74) is -4.10. The molecule has 0 radical (unpaired) electrons. The maximum Gasteiger partial charge on any atom is 0.312 e. The van der Waals surface area contributed by atoms with Crippen molar-refractivity contribution in [3.8, 4) is 0 Å². The number of esters is 2. The molecule has 0 spiro atoms. The monoisotopic (exact) mass is 366 g/mol. The maximum absolute atomic E-state index is 13.3. The van der Waals surface area contributed by atoms with Gasteiger partial charge in [0.1, 0.15) is 36.1 Å². The lowest BCUT2D eigenvalue weighted by Crippen LogP contribution is -2.69. The molecule has 2 saturated heterocycles. The van der Waals surface area contributed by atoms with Gasteiger partial charge < -0.3 is 24.1 Å². The molecule has 2 aliphatic carbocycles. The fraction of sp³-hybridized carbons (Fsp3) is 0.722. The average molecular weight is 366 g/mol. The number of hydrogen-bond acceptors (Lipinski definition) is 8. The highest BCUT2D eigenvalue weighted by atomic mass is 16.7. The predicted molar refractivity (Wildman–Crippen MR) is 84.8 cm³/mol. The van der Waals surface area contributed by atoms with Gasteiger partial charge in [0.15, 0.2) is 5.78 Å². The fourth-order valence-corrected chi connectivity index (χ4v) is 5.50. The fourth-order valence-electron chi connectivity index (χ4n) is 5.50. The van der Waals surface area contributed by atoms with Gasteiger partial charge in [0, 0.05) is 12.8 Å². The third kappa shape index (κ3) is 1.60. The largest absolute Gasteiger partial charge is 0.469 e. The van der Waals surface area contributed by atoms with Crippen molar-refractivity contribution in [2.75, 3.05) is 13.7 Å². The molecule has 4 rings (SSSR count). The SMILES string of the molecule is C=C(C)C1C2OC3(COC(C)=O)C4OC4C(O)(C1C(=O)OC)C3(C)C2=O. The number of ketones is 1. The van der Waals surface area contributed by atoms with Gasteiger partial charge in [0.05, 0.1) is 18.4 Å². The maximum atomic E-state index is 13.3. The zero-order chi connectivity index (χ0) is 19.2. The van der Waals surface area contributed by atoms with Crippen LogP contribution in [0.2, 0.25) is 0 Å². The van der Waals surface area contributed by atoms with E-state index in [1.807, 2.05) is 0 Å². The summed E-state index contributed by atoms with van der Waals surface area (Å²) in [6.45, 7) is 8.16. The minimum absolute atomic E-state index is 0.235. The van der Waals surface area contributed by atoms with Gasteiger partial charge in [-0.15, -0.1) is 0 Å². The van der Waals surface area contributed by atoms with E-state index in [1.54, 1.807) is 13.8 Å². The Labute approximate surface area is 150 Å². The molecule has 4 aliphatic rings. The van der Waals surface area contributed by atoms with E-state index in [0.29, 0.717) is 5.57 Å². The number of fused-ring (bicyclic) bond motifs is 4. The molecular weight excluding hydrogens is 344 g/mol. The molecule has 8 unspecified atom stereocenters. The van der Waals surface area contributed by atoms with E-state index in [0.717, 1.165) is 0 Å². The van der Waals surface area contributed by atoms with E-state index in [4.69, 9.17) is 18.9 Å². The van der Waals surface area contributed by atoms with Gasteiger partial charge in [-0.3, -0.25) is 14.4 Å². The number of carbonyl (C=O) groups excluding carboxylic acids is 3. The molecule has 2 aliphatic heterocycles. The summed E-state index contributed by atoms with van der Waals surface area (Å²) < 4.78 is 21.9. The van der Waals surface area contributed by atoms with Crippen LogP contribution in [0.5, 0.6) is 0 Å². The van der Waals surface area contributed by atoms with Crippen molar-refractivity contribution in [3.05, 3.63) is 12.2 Å². The number of ether oxygens (including phenoxy) is 4. The molecule has 2 bridgehead atoms. The minimum atomic E-state index is -1.83. The van der Waals surface area contributed by atoms with Crippen LogP contribution >= 0.6 is 0 Å². The van der Waals surface area contributed by atoms with Crippen molar-refractivity contribution >= 4 is 17.7 Å². The van der Waals surface area contributed by atoms with Crippen LogP contribution in [0.25, 0.3) is 0 Å². The summed E-state index contributed by atoms with van der Waals surface area (Å²) in [4.78, 5) is 37.3. The Morgan fingerprint density at radius 2 is 1.96 bits per heavy atom. The van der Waals surface area contributed by atoms with E-state index >= 15 is 0 Å². The summed E-state index contributed by atoms with van der Waals surface area (Å²) in [5.74, 6) is -3.32. The second-order valence-corrected chi connectivity index (χ2v) is 7.87. The molecule has 8 nitrogen and oxygen atoms in total. The lowest BCUT2D eigenvalue weighted by atomic mass is 9.53. The minimum Gasteiger partial charge on any atom is -0.469 e. The first-order valence-corrected chi connectivity index (χ1v) is 8.54. The van der Waals surface area contributed by atoms with E-state index in [1.165, 1.54) is 14.0 Å². The molecule has 8 atom stereocenters. The first-order chi connectivity index (χ1) is 12.1. The Morgan fingerprint density at radius 3 is 2.50 bits per heavy atom. The van der Waals surface area contributed by atoms with Crippen molar-refractivity contribution in [2.45, 2.75) is 50.3 Å². The van der Waals surface area contributed by atoms with E-state index in [-0.39, 0.29) is 12.4 Å². The van der Waals surface area contributed by atoms with Crippen LogP contribution in [0.1, 0.15) is 20.8 Å². The molecule has 0 aromatic heterocycles. The Kier molecular flexibility index (Phi) is 3.35. The van der Waals surface area contributed by atoms with Crippen molar-refractivity contribution in [1.29, 1.82) is 0 Å². The van der Waals surface area contributed by atoms with E-state index < -0.39 is 58.7 Å². The smallest absolute Gasteiger partial charge is 0.312 e. The van der Waals surface area contributed by atoms with Gasteiger partial charge in [0.25, 0.3) is 0 Å². The first kappa shape index (κ1) is 17.6. The van der Waals surface area contributed by atoms with Crippen molar-refractivity contribution in [1.82, 2.24) is 0 Å². The average Bonchev–Trinajstić information content (AvgIpc) is 3.31. The second-order valence-electron chi connectivity index (χ2n) is 7.87. The number of Topliss-reactive ketones (excluding diaryl/α,β-unsaturated/α-hetero) is 1. The Hall–Kier alpha value is -1.77. The summed E-state index contributed by atoms with van der Waals surface area (Å²) in [6.07, 6.45) is -2.40.